The monoisotopic (exact) mass is 726 g/mol. The summed E-state index contributed by atoms with van der Waals surface area (Å²) < 4.78 is 11.6. The topological polar surface area (TPSA) is 29.3 Å². The van der Waals surface area contributed by atoms with E-state index in [0.717, 1.165) is 50.2 Å². The lowest BCUT2D eigenvalue weighted by atomic mass is 10.0. The number of oxazole rings is 1. The number of anilines is 3. The number of hydrogen-bond donors (Lipinski definition) is 0. The van der Waals surface area contributed by atoms with Crippen LogP contribution in [-0.4, -0.2) is 4.98 Å². The van der Waals surface area contributed by atoms with Gasteiger partial charge in [0.25, 0.3) is 0 Å². The minimum Gasteiger partial charge on any atom is -0.436 e. The molecule has 0 aliphatic carbocycles. The fourth-order valence-corrected chi connectivity index (χ4v) is 10.1. The van der Waals surface area contributed by atoms with E-state index in [0.29, 0.717) is 5.89 Å². The van der Waals surface area contributed by atoms with E-state index in [9.17, 15) is 0 Å². The Labute approximate surface area is 319 Å². The van der Waals surface area contributed by atoms with Gasteiger partial charge < -0.3 is 9.32 Å². The second kappa shape index (κ2) is 12.6. The van der Waals surface area contributed by atoms with Crippen molar-refractivity contribution in [2.45, 2.75) is 0 Å². The largest absolute Gasteiger partial charge is 0.436 e. The Hall–Kier alpha value is -6.53. The minimum absolute atomic E-state index is 0.637. The average Bonchev–Trinajstić information content (AvgIpc) is 3.95. The van der Waals surface area contributed by atoms with Crippen LogP contribution in [0.3, 0.4) is 0 Å². The molecule has 254 valence electrons. The van der Waals surface area contributed by atoms with Crippen molar-refractivity contribution in [3.8, 4) is 33.7 Å². The van der Waals surface area contributed by atoms with Crippen LogP contribution in [-0.2, 0) is 0 Å². The molecule has 0 saturated carbocycles. The molecule has 0 aliphatic rings. The summed E-state index contributed by atoms with van der Waals surface area (Å²) in [5.41, 5.74) is 10.6. The molecule has 0 atom stereocenters. The van der Waals surface area contributed by atoms with Gasteiger partial charge in [-0.05, 0) is 89.5 Å². The number of aromatic nitrogens is 1. The molecule has 11 aromatic rings. The Kier molecular flexibility index (Phi) is 7.22. The van der Waals surface area contributed by atoms with Crippen LogP contribution < -0.4 is 4.90 Å². The van der Waals surface area contributed by atoms with Crippen LogP contribution in [0.5, 0.6) is 0 Å². The lowest BCUT2D eigenvalue weighted by Gasteiger charge is -2.26. The smallest absolute Gasteiger partial charge is 0.227 e. The first kappa shape index (κ1) is 31.0. The van der Waals surface area contributed by atoms with Crippen LogP contribution in [0, 0.1) is 0 Å². The summed E-state index contributed by atoms with van der Waals surface area (Å²) in [6.45, 7) is 0. The quantitative estimate of drug-likeness (QED) is 0.171. The van der Waals surface area contributed by atoms with Crippen LogP contribution in [0.2, 0.25) is 0 Å². The molecule has 0 unspecified atom stereocenters. The van der Waals surface area contributed by atoms with Crippen molar-refractivity contribution in [1.82, 2.24) is 4.98 Å². The van der Waals surface area contributed by atoms with Crippen molar-refractivity contribution in [2.75, 3.05) is 4.90 Å². The van der Waals surface area contributed by atoms with Gasteiger partial charge in [-0.25, -0.2) is 4.98 Å². The third kappa shape index (κ3) is 5.12. The van der Waals surface area contributed by atoms with Gasteiger partial charge in [0.15, 0.2) is 5.58 Å². The summed E-state index contributed by atoms with van der Waals surface area (Å²) >= 11 is 3.66. The maximum Gasteiger partial charge on any atom is 0.227 e. The van der Waals surface area contributed by atoms with Crippen LogP contribution in [0.25, 0.3) is 85.2 Å². The predicted octanol–water partition coefficient (Wildman–Crippen LogP) is 15.0. The summed E-state index contributed by atoms with van der Waals surface area (Å²) in [4.78, 5) is 7.45. The summed E-state index contributed by atoms with van der Waals surface area (Å²) in [6, 6.07) is 65.0. The van der Waals surface area contributed by atoms with Crippen molar-refractivity contribution in [3.05, 3.63) is 182 Å². The van der Waals surface area contributed by atoms with Gasteiger partial charge in [0, 0.05) is 68.5 Å². The number of nitrogens with zero attached hydrogens (tertiary/aromatic N) is 2. The van der Waals surface area contributed by atoms with E-state index in [1.54, 1.807) is 0 Å². The molecule has 11 rings (SSSR count). The standard InChI is InChI=1S/C49H30N2OS2/c1-3-12-31(13-4-1)34-16-11-17-36(28-34)51(37-26-27-45-41(29-37)38-18-7-9-20-43(38)53-45)35-24-22-32(23-25-35)40-30-42-47(50-49(52-42)33-14-5-2-6-15-33)46-39-19-8-10-21-44(39)54-48(40)46/h1-30H. The number of benzene rings is 8. The molecule has 3 aromatic heterocycles. The van der Waals surface area contributed by atoms with E-state index in [1.807, 2.05) is 53.0 Å². The summed E-state index contributed by atoms with van der Waals surface area (Å²) in [5, 5.41) is 4.91. The van der Waals surface area contributed by atoms with Crippen LogP contribution in [0.1, 0.15) is 0 Å². The van der Waals surface area contributed by atoms with Crippen molar-refractivity contribution in [1.29, 1.82) is 0 Å². The average molecular weight is 727 g/mol. The summed E-state index contributed by atoms with van der Waals surface area (Å²) in [5.74, 6) is 0.637. The highest BCUT2D eigenvalue weighted by Crippen LogP contribution is 2.46. The lowest BCUT2D eigenvalue weighted by molar-refractivity contribution is 0.620. The van der Waals surface area contributed by atoms with Gasteiger partial charge in [0.1, 0.15) is 5.52 Å². The first-order valence-electron chi connectivity index (χ1n) is 18.0. The third-order valence-electron chi connectivity index (χ3n) is 10.3. The lowest BCUT2D eigenvalue weighted by Crippen LogP contribution is -2.10. The Morgan fingerprint density at radius 3 is 1.85 bits per heavy atom. The van der Waals surface area contributed by atoms with E-state index in [-0.39, 0.29) is 0 Å². The summed E-state index contributed by atoms with van der Waals surface area (Å²) in [6.07, 6.45) is 0. The van der Waals surface area contributed by atoms with E-state index >= 15 is 0 Å². The Morgan fingerprint density at radius 2 is 1.06 bits per heavy atom. The SMILES string of the molecule is c1ccc(-c2cccc(N(c3ccc(-c4cc5oc(-c6ccccc6)nc5c5c4sc4ccccc45)cc3)c3ccc4sc5ccccc5c4c3)c2)cc1. The first-order chi connectivity index (χ1) is 26.7. The van der Waals surface area contributed by atoms with Gasteiger partial charge in [-0.2, -0.15) is 0 Å². The number of hydrogen-bond acceptors (Lipinski definition) is 5. The van der Waals surface area contributed by atoms with Crippen molar-refractivity contribution < 1.29 is 4.42 Å². The first-order valence-corrected chi connectivity index (χ1v) is 19.7. The zero-order valence-electron chi connectivity index (χ0n) is 28.9. The highest BCUT2D eigenvalue weighted by molar-refractivity contribution is 7.26. The molecule has 0 spiro atoms. The Balaban J connectivity index is 1.08. The highest BCUT2D eigenvalue weighted by atomic mass is 32.1. The molecule has 0 fully saturated rings. The fourth-order valence-electron chi connectivity index (χ4n) is 7.74. The molecule has 0 amide bonds. The normalized spacial score (nSPS) is 11.7. The molecular weight excluding hydrogens is 697 g/mol. The maximum absolute atomic E-state index is 6.51. The Morgan fingerprint density at radius 1 is 0.426 bits per heavy atom. The molecule has 0 aliphatic heterocycles. The second-order valence-corrected chi connectivity index (χ2v) is 15.7. The zero-order chi connectivity index (χ0) is 35.6. The van der Waals surface area contributed by atoms with E-state index in [4.69, 9.17) is 9.40 Å². The molecule has 0 N–H and O–H groups in total. The van der Waals surface area contributed by atoms with E-state index in [1.165, 1.54) is 46.1 Å². The molecule has 8 aromatic carbocycles. The van der Waals surface area contributed by atoms with Gasteiger partial charge >= 0.3 is 0 Å². The highest BCUT2D eigenvalue weighted by Gasteiger charge is 2.21. The summed E-state index contributed by atoms with van der Waals surface area (Å²) in [7, 11) is 0. The predicted molar refractivity (Wildman–Crippen MR) is 231 cm³/mol. The van der Waals surface area contributed by atoms with Gasteiger partial charge in [-0.1, -0.05) is 109 Å². The maximum atomic E-state index is 6.51. The minimum atomic E-state index is 0.637. The number of thiophene rings is 2. The van der Waals surface area contributed by atoms with Crippen LogP contribution >= 0.6 is 22.7 Å². The van der Waals surface area contributed by atoms with E-state index in [2.05, 4.69) is 157 Å². The third-order valence-corrected chi connectivity index (χ3v) is 12.6. The second-order valence-electron chi connectivity index (χ2n) is 13.5. The van der Waals surface area contributed by atoms with Gasteiger partial charge in [-0.3, -0.25) is 0 Å². The molecule has 0 radical (unpaired) electrons. The van der Waals surface area contributed by atoms with Gasteiger partial charge in [0.2, 0.25) is 5.89 Å². The molecule has 54 heavy (non-hydrogen) atoms. The zero-order valence-corrected chi connectivity index (χ0v) is 30.6. The van der Waals surface area contributed by atoms with E-state index < -0.39 is 0 Å². The van der Waals surface area contributed by atoms with Crippen LogP contribution in [0.15, 0.2) is 186 Å². The Bertz CT molecular complexity index is 3160. The molecule has 5 heteroatoms. The molecule has 3 heterocycles. The number of fused-ring (bicyclic) bond motifs is 8. The molecule has 0 bridgehead atoms. The molecular formula is C49H30N2OS2. The van der Waals surface area contributed by atoms with Crippen molar-refractivity contribution >= 4 is 91.2 Å². The van der Waals surface area contributed by atoms with Crippen LogP contribution in [0.4, 0.5) is 17.1 Å². The molecule has 3 nitrogen and oxygen atoms in total. The van der Waals surface area contributed by atoms with Gasteiger partial charge in [0.05, 0.1) is 0 Å². The van der Waals surface area contributed by atoms with Gasteiger partial charge in [-0.15, -0.1) is 22.7 Å². The fraction of sp³-hybridized carbons (Fsp3) is 0. The van der Waals surface area contributed by atoms with Crippen molar-refractivity contribution in [2.24, 2.45) is 0 Å². The number of rotatable bonds is 6. The molecule has 0 saturated heterocycles. The van der Waals surface area contributed by atoms with Crippen molar-refractivity contribution in [3.63, 3.8) is 0 Å².